The third-order valence-corrected chi connectivity index (χ3v) is 6.74. The van der Waals surface area contributed by atoms with Crippen molar-refractivity contribution in [2.75, 3.05) is 10.6 Å². The number of fused-ring (bicyclic) bond motifs is 1. The molecule has 9 nitrogen and oxygen atoms in total. The Kier molecular flexibility index (Phi) is 9.41. The van der Waals surface area contributed by atoms with E-state index in [1.165, 1.54) is 11.1 Å². The molecule has 0 radical (unpaired) electrons. The summed E-state index contributed by atoms with van der Waals surface area (Å²) >= 11 is 22.5. The van der Waals surface area contributed by atoms with Gasteiger partial charge in [0.25, 0.3) is 0 Å². The largest absolute Gasteiger partial charge is 0.331 e. The van der Waals surface area contributed by atoms with E-state index in [0.717, 1.165) is 0 Å². The number of anilines is 2. The molecule has 200 valence electrons. The van der Waals surface area contributed by atoms with Crippen LogP contribution >= 0.6 is 47.6 Å². The van der Waals surface area contributed by atoms with Crippen LogP contribution in [0.5, 0.6) is 0 Å². The number of nitrogens with one attached hydrogen (secondary N) is 4. The quantitative estimate of drug-likeness (QED) is 0.157. The number of rotatable bonds is 7. The minimum absolute atomic E-state index is 0.182. The van der Waals surface area contributed by atoms with Crippen LogP contribution in [0.15, 0.2) is 83.0 Å². The summed E-state index contributed by atoms with van der Waals surface area (Å²) in [5, 5.41) is 16.0. The van der Waals surface area contributed by atoms with Gasteiger partial charge in [0.15, 0.2) is 10.2 Å². The lowest BCUT2D eigenvalue weighted by atomic mass is 9.91. The van der Waals surface area contributed by atoms with Gasteiger partial charge in [-0.2, -0.15) is 10.2 Å². The standard InChI is InChI=1S/C26H23Cl2N7O2S2/c1-15(35-23(36)20-4-2-3-5-21(20)24(35)37)22(32-34-26(39)31-19-12-8-17(28)9-13-19)14-29-33-25(38)30-18-10-6-16(27)7-11-18/h2-15,20-21H,1H3,(H2,30,33,38)(H2,31,34,39)/b29-14-,32-22+. The van der Waals surface area contributed by atoms with Crippen LogP contribution in [0.4, 0.5) is 11.4 Å². The van der Waals surface area contributed by atoms with Crippen molar-refractivity contribution in [2.45, 2.75) is 13.0 Å². The summed E-state index contributed by atoms with van der Waals surface area (Å²) < 4.78 is 0. The zero-order valence-electron chi connectivity index (χ0n) is 20.5. The summed E-state index contributed by atoms with van der Waals surface area (Å²) in [6, 6.07) is 13.2. The second-order valence-electron chi connectivity index (χ2n) is 8.48. The molecule has 0 bridgehead atoms. The molecule has 0 aromatic heterocycles. The third kappa shape index (κ3) is 7.27. The number of imide groups is 1. The van der Waals surface area contributed by atoms with Crippen LogP contribution in [-0.2, 0) is 9.59 Å². The van der Waals surface area contributed by atoms with Crippen molar-refractivity contribution < 1.29 is 9.59 Å². The van der Waals surface area contributed by atoms with Gasteiger partial charge >= 0.3 is 0 Å². The molecular weight excluding hydrogens is 577 g/mol. The second kappa shape index (κ2) is 12.9. The fourth-order valence-corrected chi connectivity index (χ4v) is 4.50. The summed E-state index contributed by atoms with van der Waals surface area (Å²) in [4.78, 5) is 27.4. The SMILES string of the molecule is CC(C(/C=N\NC(=S)Nc1ccc(Cl)cc1)=N/NC(=S)Nc1ccc(Cl)cc1)N1C(=O)C2C=CC=CC2C1=O. The molecule has 39 heavy (non-hydrogen) atoms. The summed E-state index contributed by atoms with van der Waals surface area (Å²) in [5.41, 5.74) is 7.11. The maximum Gasteiger partial charge on any atom is 0.237 e. The molecule has 1 heterocycles. The smallest absolute Gasteiger partial charge is 0.237 e. The number of halogens is 2. The number of nitrogens with zero attached hydrogens (tertiary/aromatic N) is 3. The molecule has 2 aromatic rings. The highest BCUT2D eigenvalue weighted by molar-refractivity contribution is 7.80. The Balaban J connectivity index is 1.49. The van der Waals surface area contributed by atoms with Gasteiger partial charge in [0.2, 0.25) is 11.8 Å². The van der Waals surface area contributed by atoms with E-state index in [2.05, 4.69) is 31.7 Å². The first kappa shape index (κ1) is 28.4. The number of hydrogen-bond donors (Lipinski definition) is 4. The molecule has 1 fully saturated rings. The molecule has 13 heteroatoms. The molecule has 0 spiro atoms. The average Bonchev–Trinajstić information content (AvgIpc) is 3.18. The predicted octanol–water partition coefficient (Wildman–Crippen LogP) is 4.72. The van der Waals surface area contributed by atoms with E-state index in [1.807, 2.05) is 0 Å². The third-order valence-electron chi connectivity index (χ3n) is 5.85. The van der Waals surface area contributed by atoms with Crippen LogP contribution in [-0.4, -0.2) is 44.9 Å². The van der Waals surface area contributed by atoms with E-state index >= 15 is 0 Å². The fraction of sp³-hybridized carbons (Fsp3) is 0.154. The van der Waals surface area contributed by atoms with Gasteiger partial charge < -0.3 is 10.6 Å². The summed E-state index contributed by atoms with van der Waals surface area (Å²) in [6.45, 7) is 1.69. The first-order chi connectivity index (χ1) is 18.7. The minimum atomic E-state index is -0.758. The lowest BCUT2D eigenvalue weighted by Gasteiger charge is -2.23. The Morgan fingerprint density at radius 3 is 1.79 bits per heavy atom. The van der Waals surface area contributed by atoms with Crippen molar-refractivity contribution >= 4 is 93.0 Å². The highest BCUT2D eigenvalue weighted by Gasteiger charge is 2.48. The number of hydrogen-bond acceptors (Lipinski definition) is 6. The zero-order valence-corrected chi connectivity index (χ0v) is 23.6. The minimum Gasteiger partial charge on any atom is -0.331 e. The lowest BCUT2D eigenvalue weighted by Crippen LogP contribution is -2.45. The number of amides is 2. The number of allylic oxidation sites excluding steroid dienone is 2. The van der Waals surface area contributed by atoms with Crippen molar-refractivity contribution in [2.24, 2.45) is 22.0 Å². The van der Waals surface area contributed by atoms with Crippen LogP contribution in [0, 0.1) is 11.8 Å². The van der Waals surface area contributed by atoms with Gasteiger partial charge in [0.05, 0.1) is 24.1 Å². The molecule has 1 aliphatic carbocycles. The number of carbonyl (C=O) groups excluding carboxylic acids is 2. The van der Waals surface area contributed by atoms with Gasteiger partial charge in [-0.25, -0.2) is 0 Å². The highest BCUT2D eigenvalue weighted by Crippen LogP contribution is 2.32. The first-order valence-corrected chi connectivity index (χ1v) is 13.3. The molecule has 2 aromatic carbocycles. The van der Waals surface area contributed by atoms with Crippen molar-refractivity contribution in [3.8, 4) is 0 Å². The number of thiocarbonyl (C=S) groups is 2. The van der Waals surface area contributed by atoms with Crippen LogP contribution in [0.2, 0.25) is 10.0 Å². The summed E-state index contributed by atoms with van der Waals surface area (Å²) in [6.07, 6.45) is 8.35. The van der Waals surface area contributed by atoms with E-state index in [1.54, 1.807) is 79.8 Å². The van der Waals surface area contributed by atoms with Crippen LogP contribution in [0.1, 0.15) is 6.92 Å². The molecule has 1 aliphatic heterocycles. The maximum absolute atomic E-state index is 13.1. The molecule has 3 atom stereocenters. The van der Waals surface area contributed by atoms with Gasteiger partial charge in [-0.3, -0.25) is 25.3 Å². The predicted molar refractivity (Wildman–Crippen MR) is 164 cm³/mol. The number of carbonyl (C=O) groups is 2. The van der Waals surface area contributed by atoms with Gasteiger partial charge in [-0.05, 0) is 79.9 Å². The number of benzene rings is 2. The normalized spacial score (nSPS) is 19.2. The van der Waals surface area contributed by atoms with Gasteiger partial charge in [-0.1, -0.05) is 47.5 Å². The van der Waals surface area contributed by atoms with Gasteiger partial charge in [-0.15, -0.1) is 0 Å². The maximum atomic E-state index is 13.1. The molecule has 0 saturated carbocycles. The van der Waals surface area contributed by atoms with E-state index < -0.39 is 17.9 Å². The Morgan fingerprint density at radius 1 is 0.846 bits per heavy atom. The summed E-state index contributed by atoms with van der Waals surface area (Å²) in [7, 11) is 0. The molecule has 3 unspecified atom stereocenters. The monoisotopic (exact) mass is 599 g/mol. The number of hydrazone groups is 2. The van der Waals surface area contributed by atoms with Gasteiger partial charge in [0.1, 0.15) is 5.71 Å². The Morgan fingerprint density at radius 2 is 1.31 bits per heavy atom. The van der Waals surface area contributed by atoms with Crippen molar-refractivity contribution in [1.29, 1.82) is 0 Å². The molecule has 2 aliphatic rings. The van der Waals surface area contributed by atoms with E-state index in [9.17, 15) is 9.59 Å². The second-order valence-corrected chi connectivity index (χ2v) is 10.2. The Labute approximate surface area is 246 Å². The average molecular weight is 601 g/mol. The fourth-order valence-electron chi connectivity index (χ4n) is 3.91. The van der Waals surface area contributed by atoms with E-state index in [-0.39, 0.29) is 27.8 Å². The molecular formula is C26H23Cl2N7O2S2. The van der Waals surface area contributed by atoms with Crippen molar-refractivity contribution in [3.05, 3.63) is 82.9 Å². The molecule has 4 rings (SSSR count). The Hall–Kier alpha value is -3.64. The lowest BCUT2D eigenvalue weighted by molar-refractivity contribution is -0.140. The Bertz CT molecular complexity index is 1360. The topological polar surface area (TPSA) is 110 Å². The van der Waals surface area contributed by atoms with Crippen molar-refractivity contribution in [1.82, 2.24) is 15.8 Å². The zero-order chi connectivity index (χ0) is 27.9. The van der Waals surface area contributed by atoms with Crippen molar-refractivity contribution in [3.63, 3.8) is 0 Å². The van der Waals surface area contributed by atoms with Crippen LogP contribution in [0.25, 0.3) is 0 Å². The highest BCUT2D eigenvalue weighted by atomic mass is 35.5. The van der Waals surface area contributed by atoms with E-state index in [4.69, 9.17) is 47.6 Å². The first-order valence-electron chi connectivity index (χ1n) is 11.7. The van der Waals surface area contributed by atoms with Crippen LogP contribution < -0.4 is 21.5 Å². The molecule has 1 saturated heterocycles. The summed E-state index contributed by atoms with van der Waals surface area (Å²) in [5.74, 6) is -1.71. The number of likely N-dealkylation sites (tertiary alicyclic amines) is 1. The van der Waals surface area contributed by atoms with Gasteiger partial charge in [0, 0.05) is 21.4 Å². The molecule has 4 N–H and O–H groups in total. The van der Waals surface area contributed by atoms with Crippen LogP contribution in [0.3, 0.4) is 0 Å². The van der Waals surface area contributed by atoms with E-state index in [0.29, 0.717) is 21.4 Å². The molecule has 2 amide bonds.